The third-order valence-electron chi connectivity index (χ3n) is 11.9. The van der Waals surface area contributed by atoms with Crippen molar-refractivity contribution in [3.8, 4) is 33.8 Å². The molecule has 4 aromatic rings. The summed E-state index contributed by atoms with van der Waals surface area (Å²) in [6, 6.07) is 21.1. The minimum Gasteiger partial charge on any atom is -0.507 e. The summed E-state index contributed by atoms with van der Waals surface area (Å²) < 4.78 is 0. The third kappa shape index (κ3) is 11.2. The largest absolute Gasteiger partial charge is 0.507 e. The van der Waals surface area contributed by atoms with E-state index in [1.807, 2.05) is 24.3 Å². The van der Waals surface area contributed by atoms with Crippen molar-refractivity contribution in [1.29, 1.82) is 0 Å². The highest BCUT2D eigenvalue weighted by Gasteiger charge is 2.36. The lowest BCUT2D eigenvalue weighted by molar-refractivity contribution is -0.142. The van der Waals surface area contributed by atoms with Gasteiger partial charge in [0.25, 0.3) is 0 Å². The number of amides is 2. The number of aliphatic imine (C=N–C) groups is 1. The zero-order chi connectivity index (χ0) is 45.4. The van der Waals surface area contributed by atoms with Crippen molar-refractivity contribution in [2.24, 2.45) is 28.5 Å². The van der Waals surface area contributed by atoms with Crippen molar-refractivity contribution in [1.82, 2.24) is 10.2 Å². The Labute approximate surface area is 372 Å². The first-order valence-corrected chi connectivity index (χ1v) is 21.7. The monoisotopic (exact) mass is 872 g/mol. The van der Waals surface area contributed by atoms with Gasteiger partial charge in [0, 0.05) is 78.4 Å². The highest BCUT2D eigenvalue weighted by atomic mass is 35.5. The molecule has 0 fully saturated rings. The van der Waals surface area contributed by atoms with E-state index in [-0.39, 0.29) is 65.6 Å². The van der Waals surface area contributed by atoms with E-state index in [0.717, 1.165) is 11.1 Å². The SMILES string of the molecule is C[C@@H]1CC(=O)[C@@H](N(C)C(=O)[C@H](CCCCN)CC(=O)c2ccc(-c3ccc(Cl)cc3)cc2)c2ccc(O)c(c2)-c2cc(ccc2O)C[C@@H](C(=O)C[C@@H](C)C(=O)C2=CCC=N2)NC1=O. The van der Waals surface area contributed by atoms with Gasteiger partial charge in [-0.2, -0.15) is 0 Å². The van der Waals surface area contributed by atoms with Crippen LogP contribution in [0.1, 0.15) is 86.3 Å². The van der Waals surface area contributed by atoms with Gasteiger partial charge in [0.15, 0.2) is 23.1 Å². The van der Waals surface area contributed by atoms with Gasteiger partial charge < -0.3 is 26.2 Å². The summed E-state index contributed by atoms with van der Waals surface area (Å²) in [4.78, 5) is 89.3. The summed E-state index contributed by atoms with van der Waals surface area (Å²) in [5.41, 5.74) is 9.56. The van der Waals surface area contributed by atoms with Gasteiger partial charge in [0.1, 0.15) is 23.2 Å². The number of halogens is 1. The Morgan fingerprint density at radius 2 is 1.52 bits per heavy atom. The number of unbranched alkanes of at least 4 members (excludes halogenated alkanes) is 1. The molecule has 2 amide bonds. The summed E-state index contributed by atoms with van der Waals surface area (Å²) in [6.45, 7) is 3.58. The molecule has 4 bridgehead atoms. The molecule has 2 aliphatic heterocycles. The molecular formula is C50H53ClN4O8. The van der Waals surface area contributed by atoms with Crippen LogP contribution in [0.15, 0.2) is 102 Å². The van der Waals surface area contributed by atoms with Crippen molar-refractivity contribution < 1.29 is 39.0 Å². The molecule has 13 heteroatoms. The van der Waals surface area contributed by atoms with Crippen molar-refractivity contribution in [2.45, 2.75) is 77.3 Å². The fraction of sp³-hybridized carbons (Fsp3) is 0.340. The number of phenolic OH excluding ortho intramolecular Hbond substituents is 2. The maximum absolute atomic E-state index is 14.7. The summed E-state index contributed by atoms with van der Waals surface area (Å²) in [5, 5.41) is 25.8. The van der Waals surface area contributed by atoms with Crippen molar-refractivity contribution in [3.63, 3.8) is 0 Å². The van der Waals surface area contributed by atoms with E-state index in [1.54, 1.807) is 62.5 Å². The van der Waals surface area contributed by atoms with E-state index in [9.17, 15) is 39.0 Å². The van der Waals surface area contributed by atoms with Crippen LogP contribution in [-0.4, -0.2) is 75.9 Å². The average Bonchev–Trinajstić information content (AvgIpc) is 3.82. The zero-order valence-corrected chi connectivity index (χ0v) is 36.4. The van der Waals surface area contributed by atoms with Gasteiger partial charge in [-0.3, -0.25) is 33.8 Å². The molecule has 2 heterocycles. The van der Waals surface area contributed by atoms with Crippen LogP contribution in [0, 0.1) is 17.8 Å². The Bertz CT molecular complexity index is 2450. The van der Waals surface area contributed by atoms with Crippen molar-refractivity contribution >= 4 is 52.8 Å². The molecule has 4 aromatic carbocycles. The number of likely N-dealkylation sites (N-methyl/N-ethyl adjacent to an activating group) is 1. The summed E-state index contributed by atoms with van der Waals surface area (Å²) in [5.74, 6) is -5.42. The van der Waals surface area contributed by atoms with E-state index in [0.29, 0.717) is 53.9 Å². The molecule has 6 rings (SSSR count). The maximum atomic E-state index is 14.7. The fourth-order valence-electron chi connectivity index (χ4n) is 8.21. The number of carbonyl (C=O) groups excluding carboxylic acids is 6. The first kappa shape index (κ1) is 46.3. The van der Waals surface area contributed by atoms with Gasteiger partial charge in [-0.05, 0) is 90.5 Å². The van der Waals surface area contributed by atoms with Crippen LogP contribution in [0.3, 0.4) is 0 Å². The van der Waals surface area contributed by atoms with Crippen LogP contribution in [0.4, 0.5) is 0 Å². The number of ketones is 4. The molecule has 0 saturated carbocycles. The normalized spacial score (nSPS) is 18.4. The minimum atomic E-state index is -1.28. The number of fused-ring (bicyclic) bond motifs is 5. The Balaban J connectivity index is 1.31. The number of benzene rings is 4. The Hall–Kier alpha value is -6.24. The number of aromatic hydroxyl groups is 2. The van der Waals surface area contributed by atoms with E-state index >= 15 is 0 Å². The summed E-state index contributed by atoms with van der Waals surface area (Å²) >= 11 is 6.06. The van der Waals surface area contributed by atoms with E-state index in [1.165, 1.54) is 36.2 Å². The van der Waals surface area contributed by atoms with Crippen LogP contribution in [-0.2, 0) is 30.4 Å². The van der Waals surface area contributed by atoms with Gasteiger partial charge >= 0.3 is 0 Å². The van der Waals surface area contributed by atoms with Crippen molar-refractivity contribution in [3.05, 3.63) is 118 Å². The number of hydrogen-bond acceptors (Lipinski definition) is 10. The lowest BCUT2D eigenvalue weighted by atomic mass is 9.87. The van der Waals surface area contributed by atoms with Gasteiger partial charge in [-0.1, -0.05) is 80.4 Å². The zero-order valence-electron chi connectivity index (χ0n) is 35.7. The van der Waals surface area contributed by atoms with Gasteiger partial charge in [0.05, 0.1) is 6.04 Å². The molecule has 0 saturated heterocycles. The molecule has 0 unspecified atom stereocenters. The predicted octanol–water partition coefficient (Wildman–Crippen LogP) is 7.76. The van der Waals surface area contributed by atoms with E-state index in [4.69, 9.17) is 17.3 Å². The molecule has 5 atom stereocenters. The summed E-state index contributed by atoms with van der Waals surface area (Å²) in [7, 11) is 1.48. The van der Waals surface area contributed by atoms with Crippen LogP contribution in [0.2, 0.25) is 5.02 Å². The highest BCUT2D eigenvalue weighted by molar-refractivity contribution is 6.30. The smallest absolute Gasteiger partial charge is 0.226 e. The third-order valence-corrected chi connectivity index (χ3v) is 12.1. The average molecular weight is 873 g/mol. The number of nitrogens with two attached hydrogens (primary N) is 1. The molecule has 5 N–H and O–H groups in total. The number of rotatable bonds is 15. The number of nitrogens with zero attached hydrogens (tertiary/aromatic N) is 2. The Morgan fingerprint density at radius 3 is 2.17 bits per heavy atom. The van der Waals surface area contributed by atoms with Crippen molar-refractivity contribution in [2.75, 3.05) is 13.6 Å². The lowest BCUT2D eigenvalue weighted by Gasteiger charge is -2.32. The number of allylic oxidation sites excluding steroid dienone is 2. The Morgan fingerprint density at radius 1 is 0.873 bits per heavy atom. The van der Waals surface area contributed by atoms with E-state index in [2.05, 4.69) is 10.3 Å². The molecule has 0 aromatic heterocycles. The van der Waals surface area contributed by atoms with Crippen LogP contribution in [0.25, 0.3) is 22.3 Å². The van der Waals surface area contributed by atoms with Gasteiger partial charge in [-0.25, -0.2) is 0 Å². The lowest BCUT2D eigenvalue weighted by Crippen LogP contribution is -2.46. The van der Waals surface area contributed by atoms with Crippen LogP contribution in [0.5, 0.6) is 11.5 Å². The molecule has 2 aliphatic rings. The first-order valence-electron chi connectivity index (χ1n) is 21.3. The highest BCUT2D eigenvalue weighted by Crippen LogP contribution is 2.40. The van der Waals surface area contributed by atoms with Gasteiger partial charge in [-0.15, -0.1) is 0 Å². The standard InChI is InChI=1S/C50H53ClN4O8/c1-29(48(61)40-8-6-22-53-40)23-45(59)41-26-31-9-19-42(56)38(25-31)39-27-35(16-20-43(39)57)47(46(60)24-30(2)49(62)54-41)55(3)50(63)36(7-4-5-21-52)28-44(58)34-12-10-32(11-13-34)33-14-17-37(51)18-15-33/h8-20,22,25,27,29-30,36,41,47,56-57H,4-7,21,23-24,26,28,52H2,1-3H3,(H,54,62)/t29-,30-,36-,41+,47+/m1/s1. The maximum Gasteiger partial charge on any atom is 0.226 e. The molecule has 12 nitrogen and oxygen atoms in total. The second-order valence-electron chi connectivity index (χ2n) is 16.6. The summed E-state index contributed by atoms with van der Waals surface area (Å²) in [6.07, 6.45) is 4.66. The number of nitrogens with one attached hydrogen (secondary N) is 1. The number of Topliss-reactive ketones (excluding diaryl/α,β-unsaturated/α-hetero) is 4. The van der Waals surface area contributed by atoms with E-state index < -0.39 is 53.2 Å². The molecule has 328 valence electrons. The number of carbonyl (C=O) groups is 6. The molecule has 63 heavy (non-hydrogen) atoms. The van der Waals surface area contributed by atoms with Crippen LogP contribution >= 0.6 is 11.6 Å². The number of phenols is 2. The Kier molecular flexibility index (Phi) is 15.2. The van der Waals surface area contributed by atoms with Crippen LogP contribution < -0.4 is 11.1 Å². The number of hydrogen-bond donors (Lipinski definition) is 4. The first-order chi connectivity index (χ1) is 30.1. The minimum absolute atomic E-state index is 0.00262. The van der Waals surface area contributed by atoms with Gasteiger partial charge in [0.2, 0.25) is 11.8 Å². The quantitative estimate of drug-likeness (QED) is 0.0682. The topological polar surface area (TPSA) is 197 Å². The second kappa shape index (κ2) is 20.8. The molecule has 0 radical (unpaired) electrons. The predicted molar refractivity (Wildman–Crippen MR) is 242 cm³/mol. The fourth-order valence-corrected chi connectivity index (χ4v) is 8.34. The molecular weight excluding hydrogens is 820 g/mol. The molecule has 0 spiro atoms. The second-order valence-corrected chi connectivity index (χ2v) is 17.0. The molecule has 0 aliphatic carbocycles.